The van der Waals surface area contributed by atoms with Crippen molar-refractivity contribution >= 4 is 0 Å². The summed E-state index contributed by atoms with van der Waals surface area (Å²) in [6.45, 7) is 5.12. The van der Waals surface area contributed by atoms with Crippen LogP contribution in [0.5, 0.6) is 0 Å². The molecule has 0 unspecified atom stereocenters. The van der Waals surface area contributed by atoms with Gasteiger partial charge >= 0.3 is 0 Å². The maximum atomic E-state index is 5.26. The lowest BCUT2D eigenvalue weighted by atomic mass is 9.89. The lowest BCUT2D eigenvalue weighted by Crippen LogP contribution is -2.45. The Morgan fingerprint density at radius 3 is 2.67 bits per heavy atom. The van der Waals surface area contributed by atoms with E-state index >= 15 is 0 Å². The first-order valence-corrected chi connectivity index (χ1v) is 6.37. The average Bonchev–Trinajstić information content (AvgIpc) is 2.67. The van der Waals surface area contributed by atoms with Crippen LogP contribution in [0, 0.1) is 0 Å². The van der Waals surface area contributed by atoms with Crippen molar-refractivity contribution in [2.75, 3.05) is 33.3 Å². The first-order chi connectivity index (χ1) is 7.38. The van der Waals surface area contributed by atoms with Crippen molar-refractivity contribution in [2.45, 2.75) is 44.2 Å². The van der Waals surface area contributed by atoms with Crippen LogP contribution in [0.4, 0.5) is 0 Å². The highest BCUT2D eigenvalue weighted by Gasteiger charge is 2.27. The monoisotopic (exact) mass is 212 g/mol. The van der Waals surface area contributed by atoms with Gasteiger partial charge in [-0.3, -0.25) is 0 Å². The van der Waals surface area contributed by atoms with Crippen molar-refractivity contribution in [3.8, 4) is 0 Å². The van der Waals surface area contributed by atoms with Crippen LogP contribution in [0.15, 0.2) is 0 Å². The Labute approximate surface area is 93.2 Å². The first-order valence-electron chi connectivity index (χ1n) is 6.37. The van der Waals surface area contributed by atoms with Crippen molar-refractivity contribution in [3.05, 3.63) is 0 Å². The van der Waals surface area contributed by atoms with Crippen LogP contribution in [0.2, 0.25) is 0 Å². The molecule has 1 heterocycles. The summed E-state index contributed by atoms with van der Waals surface area (Å²) >= 11 is 0. The summed E-state index contributed by atoms with van der Waals surface area (Å²) in [5.41, 5.74) is 0. The van der Waals surface area contributed by atoms with Crippen LogP contribution in [-0.2, 0) is 4.74 Å². The van der Waals surface area contributed by atoms with Gasteiger partial charge in [0.1, 0.15) is 0 Å². The Morgan fingerprint density at radius 2 is 2.00 bits per heavy atom. The zero-order chi connectivity index (χ0) is 10.5. The maximum absolute atomic E-state index is 5.26. The van der Waals surface area contributed by atoms with Crippen LogP contribution in [0.25, 0.3) is 0 Å². The fraction of sp³-hybridized carbons (Fsp3) is 1.00. The van der Waals surface area contributed by atoms with Crippen molar-refractivity contribution < 1.29 is 4.74 Å². The van der Waals surface area contributed by atoms with Gasteiger partial charge < -0.3 is 15.0 Å². The van der Waals surface area contributed by atoms with E-state index in [-0.39, 0.29) is 0 Å². The van der Waals surface area contributed by atoms with Crippen LogP contribution >= 0.6 is 0 Å². The lowest BCUT2D eigenvalue weighted by molar-refractivity contribution is 0.0174. The number of hydrogen-bond acceptors (Lipinski definition) is 3. The highest BCUT2D eigenvalue weighted by molar-refractivity contribution is 4.85. The second-order valence-corrected chi connectivity index (χ2v) is 4.88. The molecule has 1 aliphatic carbocycles. The summed E-state index contributed by atoms with van der Waals surface area (Å²) in [6.07, 6.45) is 7.06. The molecule has 0 aromatic rings. The topological polar surface area (TPSA) is 24.5 Å². The fourth-order valence-electron chi connectivity index (χ4n) is 2.54. The minimum Gasteiger partial charge on any atom is -0.381 e. The first kappa shape index (κ1) is 11.4. The smallest absolute Gasteiger partial charge is 0.0601 e. The van der Waals surface area contributed by atoms with Gasteiger partial charge in [0.05, 0.1) is 6.10 Å². The van der Waals surface area contributed by atoms with E-state index in [1.807, 2.05) is 7.11 Å². The van der Waals surface area contributed by atoms with Crippen molar-refractivity contribution in [2.24, 2.45) is 0 Å². The molecule has 15 heavy (non-hydrogen) atoms. The molecule has 2 rings (SSSR count). The standard InChI is InChI=1S/C12H24N2O/c1-15-12-9-11(10-12)13-5-4-8-14-6-2-3-7-14/h11-13H,2-10H2,1H3. The molecular weight excluding hydrogens is 188 g/mol. The molecule has 88 valence electrons. The number of ether oxygens (including phenoxy) is 1. The van der Waals surface area contributed by atoms with E-state index in [0.29, 0.717) is 6.10 Å². The van der Waals surface area contributed by atoms with Crippen molar-refractivity contribution in [1.82, 2.24) is 10.2 Å². The number of hydrogen-bond donors (Lipinski definition) is 1. The quantitative estimate of drug-likeness (QED) is 0.670. The van der Waals surface area contributed by atoms with E-state index in [1.54, 1.807) is 0 Å². The van der Waals surface area contributed by atoms with Gasteiger partial charge in [0, 0.05) is 13.2 Å². The molecule has 1 N–H and O–H groups in total. The van der Waals surface area contributed by atoms with Gasteiger partial charge in [-0.1, -0.05) is 0 Å². The Kier molecular flexibility index (Phi) is 4.42. The zero-order valence-electron chi connectivity index (χ0n) is 9.87. The number of likely N-dealkylation sites (tertiary alicyclic amines) is 1. The van der Waals surface area contributed by atoms with Gasteiger partial charge in [-0.2, -0.15) is 0 Å². The third kappa shape index (κ3) is 3.44. The third-order valence-electron chi connectivity index (χ3n) is 3.71. The van der Waals surface area contributed by atoms with Gasteiger partial charge in [0.25, 0.3) is 0 Å². The third-order valence-corrected chi connectivity index (χ3v) is 3.71. The number of nitrogens with zero attached hydrogens (tertiary/aromatic N) is 1. The summed E-state index contributed by atoms with van der Waals surface area (Å²) in [7, 11) is 1.81. The molecule has 0 atom stereocenters. The van der Waals surface area contributed by atoms with E-state index in [0.717, 1.165) is 6.04 Å². The average molecular weight is 212 g/mol. The molecule has 0 amide bonds. The molecule has 3 nitrogen and oxygen atoms in total. The van der Waals surface area contributed by atoms with E-state index < -0.39 is 0 Å². The van der Waals surface area contributed by atoms with Crippen molar-refractivity contribution in [3.63, 3.8) is 0 Å². The van der Waals surface area contributed by atoms with Crippen molar-refractivity contribution in [1.29, 1.82) is 0 Å². The highest BCUT2D eigenvalue weighted by Crippen LogP contribution is 2.22. The van der Waals surface area contributed by atoms with Crippen LogP contribution in [0.1, 0.15) is 32.1 Å². The molecular formula is C12H24N2O. The van der Waals surface area contributed by atoms with Crippen LogP contribution < -0.4 is 5.32 Å². The molecule has 0 aromatic carbocycles. The molecule has 0 radical (unpaired) electrons. The Morgan fingerprint density at radius 1 is 1.27 bits per heavy atom. The van der Waals surface area contributed by atoms with Gasteiger partial charge in [0.15, 0.2) is 0 Å². The predicted molar refractivity (Wildman–Crippen MR) is 62.1 cm³/mol. The maximum Gasteiger partial charge on any atom is 0.0601 e. The second kappa shape index (κ2) is 5.83. The predicted octanol–water partition coefficient (Wildman–Crippen LogP) is 1.24. The SMILES string of the molecule is COC1CC(NCCCN2CCCC2)C1. The highest BCUT2D eigenvalue weighted by atomic mass is 16.5. The normalized spacial score (nSPS) is 31.8. The minimum atomic E-state index is 0.529. The molecule has 0 aromatic heterocycles. The molecule has 1 saturated carbocycles. The summed E-state index contributed by atoms with van der Waals surface area (Å²) in [5, 5.41) is 3.60. The van der Waals surface area contributed by atoms with E-state index in [4.69, 9.17) is 4.74 Å². The molecule has 0 bridgehead atoms. The molecule has 1 saturated heterocycles. The van der Waals surface area contributed by atoms with E-state index in [2.05, 4.69) is 10.2 Å². The van der Waals surface area contributed by atoms with Crippen LogP contribution in [0.3, 0.4) is 0 Å². The molecule has 2 aliphatic rings. The van der Waals surface area contributed by atoms with E-state index in [1.165, 1.54) is 58.3 Å². The van der Waals surface area contributed by atoms with Gasteiger partial charge in [-0.25, -0.2) is 0 Å². The number of rotatable bonds is 6. The largest absolute Gasteiger partial charge is 0.381 e. The van der Waals surface area contributed by atoms with Gasteiger partial charge in [-0.15, -0.1) is 0 Å². The molecule has 0 spiro atoms. The molecule has 1 aliphatic heterocycles. The van der Waals surface area contributed by atoms with Gasteiger partial charge in [0.2, 0.25) is 0 Å². The number of methoxy groups -OCH3 is 1. The van der Waals surface area contributed by atoms with E-state index in [9.17, 15) is 0 Å². The molecule has 3 heteroatoms. The lowest BCUT2D eigenvalue weighted by Gasteiger charge is -2.34. The second-order valence-electron chi connectivity index (χ2n) is 4.88. The molecule has 2 fully saturated rings. The Balaban J connectivity index is 1.42. The fourth-order valence-corrected chi connectivity index (χ4v) is 2.54. The number of nitrogens with one attached hydrogen (secondary N) is 1. The zero-order valence-corrected chi connectivity index (χ0v) is 9.87. The Hall–Kier alpha value is -0.120. The van der Waals surface area contributed by atoms with Crippen LogP contribution in [-0.4, -0.2) is 50.3 Å². The van der Waals surface area contributed by atoms with Gasteiger partial charge in [-0.05, 0) is 58.3 Å². The summed E-state index contributed by atoms with van der Waals surface area (Å²) in [5.74, 6) is 0. The Bertz CT molecular complexity index is 174. The summed E-state index contributed by atoms with van der Waals surface area (Å²) in [6, 6.07) is 0.730. The summed E-state index contributed by atoms with van der Waals surface area (Å²) in [4.78, 5) is 2.58. The summed E-state index contributed by atoms with van der Waals surface area (Å²) < 4.78 is 5.26. The minimum absolute atomic E-state index is 0.529.